The van der Waals surface area contributed by atoms with Crippen LogP contribution in [0.1, 0.15) is 127 Å². The summed E-state index contributed by atoms with van der Waals surface area (Å²) >= 11 is 0. The summed E-state index contributed by atoms with van der Waals surface area (Å²) in [4.78, 5) is 22.4. The first-order chi connectivity index (χ1) is 27.5. The minimum absolute atomic E-state index is 0.0377. The third-order valence-electron chi connectivity index (χ3n) is 14.1. The van der Waals surface area contributed by atoms with Crippen molar-refractivity contribution in [1.29, 1.82) is 0 Å². The lowest BCUT2D eigenvalue weighted by molar-refractivity contribution is -0.317. The van der Waals surface area contributed by atoms with E-state index in [4.69, 9.17) is 33.3 Å². The highest BCUT2D eigenvalue weighted by Crippen LogP contribution is 2.41. The lowest BCUT2D eigenvalue weighted by Crippen LogP contribution is -2.61. The Labute approximate surface area is 353 Å². The molecule has 3 saturated heterocycles. The number of methoxy groups -OCH3 is 1. The maximum absolute atomic E-state index is 14.4. The first-order valence-electron chi connectivity index (χ1n) is 22.2. The molecule has 4 fully saturated rings. The third kappa shape index (κ3) is 11.8. The molecule has 18 atom stereocenters. The zero-order chi connectivity index (χ0) is 44.2. The SMILES string of the molecule is CC[C@H]1OC(=O)[C@H](C)[C@@H](OC2C[C@@](C)(OC)[C@@H](O)[C@H](C)O2)[C@H](C)[C@@H](O[C@@H]2O[C@H](C)C[C@H](N(C)C)[C@H]2O)C(C)(O)C[C@@H](C)/C(=N\OCC2CCCCC2)[C@H](C)[C@@H](O)[C@]1(C)O. The number of nitrogens with zero attached hydrogens (tertiary/aromatic N) is 2. The van der Waals surface area contributed by atoms with Gasteiger partial charge >= 0.3 is 5.97 Å². The summed E-state index contributed by atoms with van der Waals surface area (Å²) in [7, 11) is 5.27. The van der Waals surface area contributed by atoms with Gasteiger partial charge in [-0.1, -0.05) is 52.1 Å². The van der Waals surface area contributed by atoms with E-state index in [1.807, 2.05) is 39.8 Å². The van der Waals surface area contributed by atoms with Crippen LogP contribution in [-0.4, -0.2) is 154 Å². The number of cyclic esters (lactones) is 1. The zero-order valence-corrected chi connectivity index (χ0v) is 38.2. The third-order valence-corrected chi connectivity index (χ3v) is 14.1. The number of ether oxygens (including phenoxy) is 6. The van der Waals surface area contributed by atoms with Gasteiger partial charge in [0.15, 0.2) is 12.6 Å². The molecule has 59 heavy (non-hydrogen) atoms. The minimum atomic E-state index is -1.92. The Bertz CT molecular complexity index is 1360. The summed E-state index contributed by atoms with van der Waals surface area (Å²) in [5, 5.41) is 64.2. The maximum atomic E-state index is 14.4. The van der Waals surface area contributed by atoms with E-state index in [9.17, 15) is 30.3 Å². The summed E-state index contributed by atoms with van der Waals surface area (Å²) in [6.07, 6.45) is -3.49. The van der Waals surface area contributed by atoms with Gasteiger partial charge in [-0.2, -0.15) is 0 Å². The molecular formula is C44H80N2O13. The highest BCUT2D eigenvalue weighted by atomic mass is 16.7. The largest absolute Gasteiger partial charge is 0.459 e. The van der Waals surface area contributed by atoms with Gasteiger partial charge in [-0.3, -0.25) is 4.79 Å². The highest BCUT2D eigenvalue weighted by molar-refractivity contribution is 5.88. The molecular weight excluding hydrogens is 764 g/mol. The van der Waals surface area contributed by atoms with E-state index in [1.165, 1.54) is 20.5 Å². The lowest BCUT2D eigenvalue weighted by Gasteiger charge is -2.49. The number of hydrogen-bond acceptors (Lipinski definition) is 15. The summed E-state index contributed by atoms with van der Waals surface area (Å²) in [5.74, 6) is -3.53. The quantitative estimate of drug-likeness (QED) is 0.155. The monoisotopic (exact) mass is 845 g/mol. The summed E-state index contributed by atoms with van der Waals surface area (Å²) in [6, 6.07) is -0.307. The fourth-order valence-electron chi connectivity index (χ4n) is 10.2. The molecule has 5 N–H and O–H groups in total. The molecule has 2 unspecified atom stereocenters. The predicted octanol–water partition coefficient (Wildman–Crippen LogP) is 4.17. The second kappa shape index (κ2) is 20.8. The van der Waals surface area contributed by atoms with Crippen molar-refractivity contribution in [3.8, 4) is 0 Å². The number of hydrogen-bond donors (Lipinski definition) is 5. The van der Waals surface area contributed by atoms with Crippen LogP contribution in [-0.2, 0) is 38.1 Å². The number of carbonyl (C=O) groups is 1. The van der Waals surface area contributed by atoms with Crippen LogP contribution in [0.25, 0.3) is 0 Å². The van der Waals surface area contributed by atoms with Crippen molar-refractivity contribution in [3.63, 3.8) is 0 Å². The van der Waals surface area contributed by atoms with Crippen molar-refractivity contribution in [3.05, 3.63) is 0 Å². The Balaban J connectivity index is 1.85. The molecule has 0 aromatic heterocycles. The van der Waals surface area contributed by atoms with Crippen molar-refractivity contribution in [1.82, 2.24) is 4.90 Å². The summed E-state index contributed by atoms with van der Waals surface area (Å²) in [6.45, 7) is 17.8. The fraction of sp³-hybridized carbons (Fsp3) is 0.955. The molecule has 1 aliphatic carbocycles. The van der Waals surface area contributed by atoms with Gasteiger partial charge in [0.1, 0.15) is 30.5 Å². The number of oxime groups is 1. The molecule has 3 aliphatic heterocycles. The van der Waals surface area contributed by atoms with Gasteiger partial charge in [-0.15, -0.1) is 0 Å². The van der Waals surface area contributed by atoms with Gasteiger partial charge in [-0.25, -0.2) is 0 Å². The van der Waals surface area contributed by atoms with Gasteiger partial charge in [0.2, 0.25) is 0 Å². The second-order valence-corrected chi connectivity index (χ2v) is 19.4. The molecule has 3 heterocycles. The van der Waals surface area contributed by atoms with Gasteiger partial charge in [0, 0.05) is 37.3 Å². The van der Waals surface area contributed by atoms with E-state index in [2.05, 4.69) is 5.16 Å². The number of carbonyl (C=O) groups excluding carboxylic acids is 1. The normalized spacial score (nSPS) is 47.1. The summed E-state index contributed by atoms with van der Waals surface area (Å²) in [5.41, 5.74) is -4.25. The van der Waals surface area contributed by atoms with E-state index in [0.29, 0.717) is 24.7 Å². The molecule has 0 bridgehead atoms. The molecule has 0 aromatic carbocycles. The number of likely N-dealkylation sites (N-methyl/N-ethyl adjacent to an activating group) is 1. The molecule has 0 spiro atoms. The number of aliphatic hydroxyl groups is 5. The number of esters is 1. The molecule has 344 valence electrons. The number of rotatable bonds is 10. The van der Waals surface area contributed by atoms with Crippen molar-refractivity contribution in [2.45, 2.75) is 211 Å². The van der Waals surface area contributed by atoms with E-state index in [0.717, 1.165) is 25.7 Å². The van der Waals surface area contributed by atoms with Crippen LogP contribution < -0.4 is 0 Å². The Kier molecular flexibility index (Phi) is 17.7. The van der Waals surface area contributed by atoms with Crippen LogP contribution in [0.5, 0.6) is 0 Å². The highest BCUT2D eigenvalue weighted by Gasteiger charge is 2.53. The van der Waals surface area contributed by atoms with Crippen LogP contribution in [0.4, 0.5) is 0 Å². The van der Waals surface area contributed by atoms with Gasteiger partial charge < -0.3 is 63.7 Å². The minimum Gasteiger partial charge on any atom is -0.459 e. The Morgan fingerprint density at radius 2 is 1.53 bits per heavy atom. The average molecular weight is 845 g/mol. The number of aliphatic hydroxyl groups excluding tert-OH is 3. The first-order valence-corrected chi connectivity index (χ1v) is 22.2. The second-order valence-electron chi connectivity index (χ2n) is 19.4. The molecule has 15 nitrogen and oxygen atoms in total. The van der Waals surface area contributed by atoms with Crippen molar-refractivity contribution in [2.75, 3.05) is 27.8 Å². The van der Waals surface area contributed by atoms with Crippen LogP contribution in [0, 0.1) is 29.6 Å². The lowest BCUT2D eigenvalue weighted by atomic mass is 9.73. The Morgan fingerprint density at radius 3 is 2.12 bits per heavy atom. The standard InChI is InChI=1S/C44H80N2O13/c1-14-32-44(10,52)37(48)26(4)34(45-54-23-30-18-16-15-17-19-30)24(2)21-42(8,51)39(59-41-35(47)31(46(11)12)20-25(3)55-41)27(5)36(28(6)40(50)57-32)58-33-22-43(9,53-13)38(49)29(7)56-33/h24-33,35-39,41,47-49,51-52H,14-23H2,1-13H3/b45-34+/t24-,25-,26+,27+,28-,29+,31+,32-,33?,35-,36+,37-,38+,39-,41+,42?,43-,44-/m1/s1. The van der Waals surface area contributed by atoms with E-state index >= 15 is 0 Å². The Morgan fingerprint density at radius 1 is 0.881 bits per heavy atom. The van der Waals surface area contributed by atoms with Crippen LogP contribution in [0.15, 0.2) is 5.16 Å². The van der Waals surface area contributed by atoms with E-state index in [-0.39, 0.29) is 31.4 Å². The van der Waals surface area contributed by atoms with Crippen molar-refractivity contribution in [2.24, 2.45) is 34.7 Å². The van der Waals surface area contributed by atoms with E-state index < -0.39 is 102 Å². The molecule has 15 heteroatoms. The van der Waals surface area contributed by atoms with Gasteiger partial charge in [0.05, 0.1) is 53.4 Å². The smallest absolute Gasteiger partial charge is 0.311 e. The molecule has 1 saturated carbocycles. The molecule has 0 radical (unpaired) electrons. The van der Waals surface area contributed by atoms with Crippen molar-refractivity contribution >= 4 is 11.7 Å². The van der Waals surface area contributed by atoms with Crippen LogP contribution >= 0.6 is 0 Å². The Hall–Kier alpha value is -1.50. The average Bonchev–Trinajstić information content (AvgIpc) is 3.18. The molecule has 4 aliphatic rings. The van der Waals surface area contributed by atoms with E-state index in [1.54, 1.807) is 41.5 Å². The topological polar surface area (TPSA) is 198 Å². The first kappa shape index (κ1) is 50.1. The maximum Gasteiger partial charge on any atom is 0.311 e. The van der Waals surface area contributed by atoms with Gasteiger partial charge in [-0.05, 0) is 93.7 Å². The summed E-state index contributed by atoms with van der Waals surface area (Å²) < 4.78 is 37.9. The van der Waals surface area contributed by atoms with Gasteiger partial charge in [0.25, 0.3) is 0 Å². The zero-order valence-electron chi connectivity index (χ0n) is 38.2. The van der Waals surface area contributed by atoms with Crippen molar-refractivity contribution < 1.29 is 63.6 Å². The molecule has 0 amide bonds. The van der Waals surface area contributed by atoms with Crippen LogP contribution in [0.3, 0.4) is 0 Å². The molecule has 4 rings (SSSR count). The van der Waals surface area contributed by atoms with Crippen LogP contribution in [0.2, 0.25) is 0 Å². The fourth-order valence-corrected chi connectivity index (χ4v) is 10.2. The molecule has 0 aromatic rings. The predicted molar refractivity (Wildman–Crippen MR) is 221 cm³/mol.